The summed E-state index contributed by atoms with van der Waals surface area (Å²) in [5.41, 5.74) is 2.22. The number of nitrogens with one attached hydrogen (secondary N) is 1. The molecule has 2 heterocycles. The minimum Gasteiger partial charge on any atom is -0.439 e. The van der Waals surface area contributed by atoms with E-state index in [-0.39, 0.29) is 10.5 Å². The molecule has 0 saturated heterocycles. The Kier molecular flexibility index (Phi) is 5.81. The van der Waals surface area contributed by atoms with Crippen molar-refractivity contribution in [2.24, 2.45) is 0 Å². The second kappa shape index (κ2) is 8.72. The molecule has 166 valence electrons. The zero-order chi connectivity index (χ0) is 23.6. The molecule has 0 atom stereocenters. The van der Waals surface area contributed by atoms with Gasteiger partial charge in [-0.25, -0.2) is 18.1 Å². The largest absolute Gasteiger partial charge is 0.439 e. The summed E-state index contributed by atoms with van der Waals surface area (Å²) < 4.78 is 35.4. The number of benzene rings is 2. The third-order valence-electron chi connectivity index (χ3n) is 4.65. The molecule has 2 aromatic carbocycles. The van der Waals surface area contributed by atoms with Crippen LogP contribution >= 0.6 is 0 Å². The molecule has 0 saturated carbocycles. The molecule has 0 spiro atoms. The second-order valence-corrected chi connectivity index (χ2v) is 8.94. The van der Waals surface area contributed by atoms with Gasteiger partial charge in [0.05, 0.1) is 11.3 Å². The molecule has 0 radical (unpaired) electrons. The van der Waals surface area contributed by atoms with E-state index in [1.54, 1.807) is 54.1 Å². The summed E-state index contributed by atoms with van der Waals surface area (Å²) in [6.45, 7) is 5.61. The van der Waals surface area contributed by atoms with E-state index in [1.807, 2.05) is 26.0 Å². The van der Waals surface area contributed by atoms with Crippen molar-refractivity contribution in [3.63, 3.8) is 0 Å². The van der Waals surface area contributed by atoms with Crippen LogP contribution < -0.4 is 9.46 Å². The zero-order valence-electron chi connectivity index (χ0n) is 18.1. The van der Waals surface area contributed by atoms with E-state index in [4.69, 9.17) is 4.74 Å². The predicted octanol–water partition coefficient (Wildman–Crippen LogP) is 4.05. The highest BCUT2D eigenvalue weighted by atomic mass is 32.2. The van der Waals surface area contributed by atoms with Gasteiger partial charge >= 0.3 is 0 Å². The van der Waals surface area contributed by atoms with Gasteiger partial charge < -0.3 is 4.74 Å². The van der Waals surface area contributed by atoms with Gasteiger partial charge in [0.2, 0.25) is 5.88 Å². The maximum Gasteiger partial charge on any atom is 0.263 e. The van der Waals surface area contributed by atoms with Crippen molar-refractivity contribution < 1.29 is 13.2 Å². The Hall–Kier alpha value is -4.23. The molecule has 1 N–H and O–H groups in total. The highest BCUT2D eigenvalue weighted by Crippen LogP contribution is 2.25. The number of hydrogen-bond donors (Lipinski definition) is 1. The van der Waals surface area contributed by atoms with Crippen LogP contribution in [0.4, 0.5) is 5.69 Å². The molecule has 0 aliphatic rings. The Morgan fingerprint density at radius 2 is 1.73 bits per heavy atom. The van der Waals surface area contributed by atoms with Crippen molar-refractivity contribution in [1.29, 1.82) is 5.26 Å². The number of anilines is 1. The van der Waals surface area contributed by atoms with Gasteiger partial charge in [0.1, 0.15) is 22.5 Å². The van der Waals surface area contributed by atoms with E-state index < -0.39 is 10.0 Å². The molecule has 0 unspecified atom stereocenters. The van der Waals surface area contributed by atoms with Gasteiger partial charge in [-0.2, -0.15) is 15.3 Å². The van der Waals surface area contributed by atoms with E-state index in [2.05, 4.69) is 19.8 Å². The fourth-order valence-electron chi connectivity index (χ4n) is 3.26. The van der Waals surface area contributed by atoms with Gasteiger partial charge in [-0.3, -0.25) is 4.72 Å². The van der Waals surface area contributed by atoms with Gasteiger partial charge in [-0.05, 0) is 63.2 Å². The van der Waals surface area contributed by atoms with Crippen LogP contribution in [0.5, 0.6) is 11.6 Å². The van der Waals surface area contributed by atoms with Crippen LogP contribution in [0.3, 0.4) is 0 Å². The quantitative estimate of drug-likeness (QED) is 0.460. The number of nitrogens with zero attached hydrogens (tertiary/aromatic N) is 5. The molecule has 0 fully saturated rings. The van der Waals surface area contributed by atoms with Crippen LogP contribution in [-0.4, -0.2) is 28.2 Å². The van der Waals surface area contributed by atoms with E-state index in [0.29, 0.717) is 29.0 Å². The Bertz CT molecular complexity index is 1470. The Balaban J connectivity index is 1.54. The van der Waals surface area contributed by atoms with Crippen LogP contribution in [0.2, 0.25) is 0 Å². The average Bonchev–Trinajstić information content (AvgIpc) is 3.12. The lowest BCUT2D eigenvalue weighted by atomic mass is 10.2. The van der Waals surface area contributed by atoms with E-state index in [0.717, 1.165) is 11.4 Å². The molecular formula is C23H20N6O3S. The van der Waals surface area contributed by atoms with Crippen LogP contribution in [-0.2, 0) is 10.0 Å². The number of sulfonamides is 1. The fourth-order valence-corrected chi connectivity index (χ4v) is 4.48. The van der Waals surface area contributed by atoms with Crippen molar-refractivity contribution in [1.82, 2.24) is 19.7 Å². The maximum atomic E-state index is 12.7. The van der Waals surface area contributed by atoms with Crippen molar-refractivity contribution in [3.8, 4) is 23.5 Å². The van der Waals surface area contributed by atoms with Gasteiger partial charge in [-0.15, -0.1) is 0 Å². The van der Waals surface area contributed by atoms with E-state index >= 15 is 0 Å². The molecule has 9 nitrogen and oxygen atoms in total. The SMILES string of the molecule is Cc1cc(C)n(-c2cc(Oc3ccc(NS(=O)(=O)c4ccccc4C#N)cc3)nc(C)n2)n1. The number of rotatable bonds is 6. The first-order chi connectivity index (χ1) is 15.7. The van der Waals surface area contributed by atoms with Crippen LogP contribution in [0.15, 0.2) is 65.6 Å². The first-order valence-electron chi connectivity index (χ1n) is 9.94. The Morgan fingerprint density at radius 3 is 2.39 bits per heavy atom. The Labute approximate surface area is 191 Å². The summed E-state index contributed by atoms with van der Waals surface area (Å²) in [5, 5.41) is 13.6. The highest BCUT2D eigenvalue weighted by molar-refractivity contribution is 7.92. The first-order valence-corrected chi connectivity index (χ1v) is 11.4. The summed E-state index contributed by atoms with van der Waals surface area (Å²) in [6.07, 6.45) is 0. The number of hydrogen-bond acceptors (Lipinski definition) is 7. The predicted molar refractivity (Wildman–Crippen MR) is 122 cm³/mol. The molecular weight excluding hydrogens is 440 g/mol. The Morgan fingerprint density at radius 1 is 1.00 bits per heavy atom. The first kappa shape index (κ1) is 22.0. The summed E-state index contributed by atoms with van der Waals surface area (Å²) >= 11 is 0. The average molecular weight is 461 g/mol. The van der Waals surface area contributed by atoms with E-state index in [1.165, 1.54) is 12.1 Å². The molecule has 4 rings (SSSR count). The molecule has 0 aliphatic heterocycles. The lowest BCUT2D eigenvalue weighted by molar-refractivity contribution is 0.459. The van der Waals surface area contributed by atoms with Gasteiger partial charge in [0.15, 0.2) is 5.82 Å². The summed E-state index contributed by atoms with van der Waals surface area (Å²) in [5.74, 6) is 1.91. The third-order valence-corrected chi connectivity index (χ3v) is 6.09. The lowest BCUT2D eigenvalue weighted by Gasteiger charge is -2.11. The monoisotopic (exact) mass is 460 g/mol. The van der Waals surface area contributed by atoms with Crippen LogP contribution in [0.1, 0.15) is 22.8 Å². The zero-order valence-corrected chi connectivity index (χ0v) is 19.0. The minimum absolute atomic E-state index is 0.0718. The van der Waals surface area contributed by atoms with Gasteiger partial charge in [0.25, 0.3) is 10.0 Å². The summed E-state index contributed by atoms with van der Waals surface area (Å²) in [7, 11) is -3.92. The van der Waals surface area contributed by atoms with Crippen molar-refractivity contribution in [2.75, 3.05) is 4.72 Å². The second-order valence-electron chi connectivity index (χ2n) is 7.29. The molecule has 33 heavy (non-hydrogen) atoms. The van der Waals surface area contributed by atoms with Crippen LogP contribution in [0.25, 0.3) is 5.82 Å². The van der Waals surface area contributed by atoms with Gasteiger partial charge in [-0.1, -0.05) is 12.1 Å². The smallest absolute Gasteiger partial charge is 0.263 e. The van der Waals surface area contributed by atoms with Crippen LogP contribution in [0, 0.1) is 32.1 Å². The molecule has 0 aliphatic carbocycles. The summed E-state index contributed by atoms with van der Waals surface area (Å²) in [4.78, 5) is 8.66. The van der Waals surface area contributed by atoms with E-state index in [9.17, 15) is 13.7 Å². The molecule has 4 aromatic rings. The normalized spacial score (nSPS) is 11.1. The minimum atomic E-state index is -3.92. The molecule has 0 amide bonds. The van der Waals surface area contributed by atoms with Crippen molar-refractivity contribution >= 4 is 15.7 Å². The molecule has 2 aromatic heterocycles. The highest BCUT2D eigenvalue weighted by Gasteiger charge is 2.18. The maximum absolute atomic E-state index is 12.7. The van der Waals surface area contributed by atoms with Crippen molar-refractivity contribution in [3.05, 3.63) is 83.4 Å². The third kappa shape index (κ3) is 4.83. The lowest BCUT2D eigenvalue weighted by Crippen LogP contribution is -2.14. The number of nitriles is 1. The molecule has 10 heteroatoms. The van der Waals surface area contributed by atoms with Gasteiger partial charge in [0, 0.05) is 17.4 Å². The molecule has 0 bridgehead atoms. The number of ether oxygens (including phenoxy) is 1. The van der Waals surface area contributed by atoms with Crippen molar-refractivity contribution in [2.45, 2.75) is 25.7 Å². The fraction of sp³-hybridized carbons (Fsp3) is 0.130. The summed E-state index contributed by atoms with van der Waals surface area (Å²) in [6, 6.07) is 17.9. The topological polar surface area (TPSA) is 123 Å². The number of aromatic nitrogens is 4. The number of aryl methyl sites for hydroxylation is 3. The standard InChI is InChI=1S/C23H20N6O3S/c1-15-12-16(2)29(27-15)22-13-23(26-17(3)25-22)32-20-10-8-19(9-11-20)28-33(30,31)21-7-5-4-6-18(21)14-24/h4-13,28H,1-3H3.